The van der Waals surface area contributed by atoms with Gasteiger partial charge in [-0.2, -0.15) is 0 Å². The summed E-state index contributed by atoms with van der Waals surface area (Å²) in [5, 5.41) is 11.9. The van der Waals surface area contributed by atoms with Crippen molar-refractivity contribution in [3.63, 3.8) is 0 Å². The maximum Gasteiger partial charge on any atom is 0.178 e. The summed E-state index contributed by atoms with van der Waals surface area (Å²) >= 11 is 9.36. The van der Waals surface area contributed by atoms with Gasteiger partial charge in [-0.3, -0.25) is 0 Å². The van der Waals surface area contributed by atoms with Crippen LogP contribution in [0.15, 0.2) is 32.9 Å². The van der Waals surface area contributed by atoms with Crippen LogP contribution in [0.5, 0.6) is 0 Å². The molecule has 1 heterocycles. The minimum Gasteiger partial charge on any atom is -0.313 e. The molecule has 0 unspecified atom stereocenters. The van der Waals surface area contributed by atoms with E-state index in [0.29, 0.717) is 0 Å². The van der Waals surface area contributed by atoms with E-state index >= 15 is 0 Å². The quantitative estimate of drug-likeness (QED) is 0.913. The van der Waals surface area contributed by atoms with Crippen LogP contribution in [0.2, 0.25) is 5.02 Å². The fraction of sp³-hybridized carbons (Fsp3) is 0.273. The third kappa shape index (κ3) is 3.42. The van der Waals surface area contributed by atoms with Crippen molar-refractivity contribution in [1.82, 2.24) is 15.5 Å². The second-order valence-corrected chi connectivity index (χ2v) is 5.83. The molecule has 17 heavy (non-hydrogen) atoms. The summed E-state index contributed by atoms with van der Waals surface area (Å²) in [6.45, 7) is 3.78. The molecule has 0 amide bonds. The van der Waals surface area contributed by atoms with Crippen LogP contribution in [0.3, 0.4) is 0 Å². The summed E-state index contributed by atoms with van der Waals surface area (Å²) < 4.78 is 0.935. The Labute approximate surface area is 114 Å². The molecule has 0 fully saturated rings. The number of hydrogen-bond donors (Lipinski definition) is 1. The molecular weight excluding hydrogens is 274 g/mol. The van der Waals surface area contributed by atoms with Crippen molar-refractivity contribution in [2.24, 2.45) is 0 Å². The Morgan fingerprint density at radius 1 is 1.47 bits per heavy atom. The van der Waals surface area contributed by atoms with Gasteiger partial charge in [0.05, 0.1) is 0 Å². The smallest absolute Gasteiger partial charge is 0.178 e. The SMILES string of the molecule is CCNCc1c(Cl)cccc1Sc1nncs1. The Morgan fingerprint density at radius 2 is 2.35 bits per heavy atom. The lowest BCUT2D eigenvalue weighted by molar-refractivity contribution is 0.718. The van der Waals surface area contributed by atoms with Crippen molar-refractivity contribution in [3.05, 3.63) is 34.3 Å². The predicted molar refractivity (Wildman–Crippen MR) is 72.9 cm³/mol. The largest absolute Gasteiger partial charge is 0.313 e. The van der Waals surface area contributed by atoms with Crippen LogP contribution in [0.25, 0.3) is 0 Å². The molecular formula is C11H12ClN3S2. The molecule has 3 nitrogen and oxygen atoms in total. The van der Waals surface area contributed by atoms with Gasteiger partial charge in [-0.05, 0) is 24.2 Å². The highest BCUT2D eigenvalue weighted by Gasteiger charge is 2.09. The minimum atomic E-state index is 0.775. The maximum atomic E-state index is 6.22. The molecule has 0 saturated heterocycles. The van der Waals surface area contributed by atoms with Gasteiger partial charge in [0.15, 0.2) is 4.34 Å². The second kappa shape index (κ2) is 6.35. The summed E-state index contributed by atoms with van der Waals surface area (Å²) in [7, 11) is 0. The van der Waals surface area contributed by atoms with E-state index in [1.807, 2.05) is 12.1 Å². The molecule has 6 heteroatoms. The van der Waals surface area contributed by atoms with Crippen molar-refractivity contribution < 1.29 is 0 Å². The Hall–Kier alpha value is -0.620. The summed E-state index contributed by atoms with van der Waals surface area (Å²) in [6, 6.07) is 5.93. The summed E-state index contributed by atoms with van der Waals surface area (Å²) in [5.41, 5.74) is 2.85. The van der Waals surface area contributed by atoms with Crippen molar-refractivity contribution >= 4 is 34.7 Å². The Kier molecular flexibility index (Phi) is 4.79. The zero-order valence-electron chi connectivity index (χ0n) is 9.31. The molecule has 0 aliphatic carbocycles. The maximum absolute atomic E-state index is 6.22. The van der Waals surface area contributed by atoms with E-state index in [4.69, 9.17) is 11.6 Å². The van der Waals surface area contributed by atoms with Crippen molar-refractivity contribution in [3.8, 4) is 0 Å². The standard InChI is InChI=1S/C11H12ClN3S2/c1-2-13-6-8-9(12)4-3-5-10(8)17-11-15-14-7-16-11/h3-5,7,13H,2,6H2,1H3. The molecule has 1 N–H and O–H groups in total. The van der Waals surface area contributed by atoms with E-state index in [1.54, 1.807) is 17.3 Å². The first-order valence-corrected chi connectivity index (χ1v) is 7.30. The lowest BCUT2D eigenvalue weighted by Crippen LogP contribution is -2.12. The molecule has 2 rings (SSSR count). The molecule has 0 atom stereocenters. The highest BCUT2D eigenvalue weighted by molar-refractivity contribution is 8.01. The first-order chi connectivity index (χ1) is 8.31. The lowest BCUT2D eigenvalue weighted by Gasteiger charge is -2.09. The molecule has 0 bridgehead atoms. The molecule has 90 valence electrons. The fourth-order valence-corrected chi connectivity index (χ4v) is 3.25. The summed E-state index contributed by atoms with van der Waals surface area (Å²) in [5.74, 6) is 0. The van der Waals surface area contributed by atoms with Crippen LogP contribution in [0.4, 0.5) is 0 Å². The molecule has 1 aromatic carbocycles. The zero-order valence-corrected chi connectivity index (χ0v) is 11.7. The van der Waals surface area contributed by atoms with Gasteiger partial charge < -0.3 is 5.32 Å². The van der Waals surface area contributed by atoms with Crippen LogP contribution < -0.4 is 5.32 Å². The van der Waals surface area contributed by atoms with Crippen LogP contribution in [0, 0.1) is 0 Å². The van der Waals surface area contributed by atoms with Gasteiger partial charge >= 0.3 is 0 Å². The fourth-order valence-electron chi connectivity index (χ4n) is 1.36. The van der Waals surface area contributed by atoms with Gasteiger partial charge in [0.1, 0.15) is 5.51 Å². The molecule has 0 aliphatic heterocycles. The number of rotatable bonds is 5. The molecule has 1 aromatic heterocycles. The van der Waals surface area contributed by atoms with E-state index in [1.165, 1.54) is 11.3 Å². The van der Waals surface area contributed by atoms with Crippen molar-refractivity contribution in [2.45, 2.75) is 22.7 Å². The van der Waals surface area contributed by atoms with Crippen LogP contribution in [-0.2, 0) is 6.54 Å². The van der Waals surface area contributed by atoms with E-state index in [-0.39, 0.29) is 0 Å². The molecule has 0 spiro atoms. The lowest BCUT2D eigenvalue weighted by atomic mass is 10.2. The van der Waals surface area contributed by atoms with Crippen LogP contribution >= 0.6 is 34.7 Å². The Morgan fingerprint density at radius 3 is 3.06 bits per heavy atom. The highest BCUT2D eigenvalue weighted by Crippen LogP contribution is 2.34. The van der Waals surface area contributed by atoms with E-state index in [2.05, 4.69) is 28.5 Å². The Bertz CT molecular complexity index is 474. The van der Waals surface area contributed by atoms with Gasteiger partial charge in [0.25, 0.3) is 0 Å². The first-order valence-electron chi connectivity index (χ1n) is 5.23. The molecule has 0 saturated carbocycles. The second-order valence-electron chi connectivity index (χ2n) is 3.30. The molecule has 0 radical (unpaired) electrons. The summed E-state index contributed by atoms with van der Waals surface area (Å²) in [6.07, 6.45) is 0. The third-order valence-corrected chi connectivity index (χ3v) is 4.40. The van der Waals surface area contributed by atoms with Gasteiger partial charge in [-0.1, -0.05) is 47.7 Å². The number of nitrogens with one attached hydrogen (secondary N) is 1. The number of benzene rings is 1. The van der Waals surface area contributed by atoms with Crippen molar-refractivity contribution in [2.75, 3.05) is 6.54 Å². The average Bonchev–Trinajstić information content (AvgIpc) is 2.81. The average molecular weight is 286 g/mol. The first kappa shape index (κ1) is 12.8. The van der Waals surface area contributed by atoms with E-state index in [0.717, 1.165) is 32.9 Å². The number of halogens is 1. The number of nitrogens with zero attached hydrogens (tertiary/aromatic N) is 2. The van der Waals surface area contributed by atoms with Gasteiger partial charge in [-0.15, -0.1) is 10.2 Å². The normalized spacial score (nSPS) is 10.7. The van der Waals surface area contributed by atoms with Crippen molar-refractivity contribution in [1.29, 1.82) is 0 Å². The monoisotopic (exact) mass is 285 g/mol. The van der Waals surface area contributed by atoms with Gasteiger partial charge in [0.2, 0.25) is 0 Å². The summed E-state index contributed by atoms with van der Waals surface area (Å²) in [4.78, 5) is 1.13. The molecule has 0 aliphatic rings. The zero-order chi connectivity index (χ0) is 12.1. The van der Waals surface area contributed by atoms with E-state index < -0.39 is 0 Å². The van der Waals surface area contributed by atoms with Gasteiger partial charge in [0, 0.05) is 16.5 Å². The number of hydrogen-bond acceptors (Lipinski definition) is 5. The highest BCUT2D eigenvalue weighted by atomic mass is 35.5. The Balaban J connectivity index is 2.23. The predicted octanol–water partition coefficient (Wildman–Crippen LogP) is 3.45. The molecule has 2 aromatic rings. The van der Waals surface area contributed by atoms with Gasteiger partial charge in [-0.25, -0.2) is 0 Å². The van der Waals surface area contributed by atoms with E-state index in [9.17, 15) is 0 Å². The van der Waals surface area contributed by atoms with Crippen LogP contribution in [-0.4, -0.2) is 16.7 Å². The minimum absolute atomic E-state index is 0.775. The number of aromatic nitrogens is 2. The topological polar surface area (TPSA) is 37.8 Å². The van der Waals surface area contributed by atoms with Crippen LogP contribution in [0.1, 0.15) is 12.5 Å². The third-order valence-electron chi connectivity index (χ3n) is 2.16.